The Morgan fingerprint density at radius 1 is 1.20 bits per heavy atom. The van der Waals surface area contributed by atoms with E-state index in [0.29, 0.717) is 5.92 Å². The first kappa shape index (κ1) is 12.6. The first-order valence-electron chi connectivity index (χ1n) is 7.44. The molecule has 4 heteroatoms. The van der Waals surface area contributed by atoms with Crippen LogP contribution in [0.25, 0.3) is 10.9 Å². The van der Waals surface area contributed by atoms with E-state index >= 15 is 0 Å². The molecule has 2 aromatic heterocycles. The Kier molecular flexibility index (Phi) is 2.78. The fraction of sp³-hybridized carbons (Fsp3) is 0.562. The molecule has 2 aromatic rings. The molecule has 0 aromatic carbocycles. The molecule has 0 bridgehead atoms. The lowest BCUT2D eigenvalue weighted by Crippen LogP contribution is -2.00. The molecule has 3 nitrogen and oxygen atoms in total. The van der Waals surface area contributed by atoms with Crippen LogP contribution in [0.4, 0.5) is 0 Å². The lowest BCUT2D eigenvalue weighted by molar-refractivity contribution is 0.946. The summed E-state index contributed by atoms with van der Waals surface area (Å²) in [7, 11) is 0. The molecule has 2 saturated carbocycles. The van der Waals surface area contributed by atoms with Crippen molar-refractivity contribution in [1.82, 2.24) is 15.0 Å². The molecule has 2 heterocycles. The van der Waals surface area contributed by atoms with Gasteiger partial charge in [-0.15, -0.1) is 0 Å². The molecule has 20 heavy (non-hydrogen) atoms. The molecule has 0 N–H and O–H groups in total. The summed E-state index contributed by atoms with van der Waals surface area (Å²) in [5, 5.41) is 2.76. The summed E-state index contributed by atoms with van der Waals surface area (Å²) in [6.45, 7) is 6.54. The molecule has 0 amide bonds. The predicted molar refractivity (Wildman–Crippen MR) is 82.2 cm³/mol. The van der Waals surface area contributed by atoms with E-state index in [9.17, 15) is 0 Å². The first-order valence-corrected chi connectivity index (χ1v) is 8.32. The topological polar surface area (TPSA) is 38.7 Å². The van der Waals surface area contributed by atoms with Gasteiger partial charge < -0.3 is 0 Å². The number of thioether (sulfide) groups is 1. The average Bonchev–Trinajstić information content (AvgIpc) is 3.33. The van der Waals surface area contributed by atoms with Crippen LogP contribution in [-0.4, -0.2) is 20.2 Å². The van der Waals surface area contributed by atoms with E-state index < -0.39 is 0 Å². The van der Waals surface area contributed by atoms with Crippen molar-refractivity contribution >= 4 is 22.7 Å². The van der Waals surface area contributed by atoms with E-state index in [1.165, 1.54) is 30.5 Å². The molecule has 2 aliphatic rings. The molecule has 2 unspecified atom stereocenters. The number of nitrogens with zero attached hydrogens (tertiary/aromatic N) is 3. The minimum atomic E-state index is 0.674. The van der Waals surface area contributed by atoms with E-state index in [-0.39, 0.29) is 0 Å². The maximum atomic E-state index is 4.83. The number of rotatable bonds is 3. The quantitative estimate of drug-likeness (QED) is 0.798. The first-order chi connectivity index (χ1) is 9.63. The Bertz CT molecular complexity index is 694. The largest absolute Gasteiger partial charge is 0.257 e. The van der Waals surface area contributed by atoms with Gasteiger partial charge in [0.2, 0.25) is 0 Å². The second-order valence-electron chi connectivity index (χ2n) is 6.27. The van der Waals surface area contributed by atoms with Crippen molar-refractivity contribution in [3.8, 4) is 0 Å². The Balaban J connectivity index is 1.80. The highest BCUT2D eigenvalue weighted by atomic mass is 32.2. The van der Waals surface area contributed by atoms with Gasteiger partial charge in [0.05, 0.1) is 5.52 Å². The summed E-state index contributed by atoms with van der Waals surface area (Å²) in [4.78, 5) is 14.1. The zero-order chi connectivity index (χ0) is 13.9. The smallest absolute Gasteiger partial charge is 0.188 e. The highest BCUT2D eigenvalue weighted by Gasteiger charge is 2.34. The molecule has 4 rings (SSSR count). The third-order valence-corrected chi connectivity index (χ3v) is 5.81. The van der Waals surface area contributed by atoms with Crippen molar-refractivity contribution in [2.24, 2.45) is 5.92 Å². The third-order valence-electron chi connectivity index (χ3n) is 4.44. The Labute approximate surface area is 123 Å². The summed E-state index contributed by atoms with van der Waals surface area (Å²) in [6, 6.07) is 0. The van der Waals surface area contributed by atoms with Gasteiger partial charge in [-0.05, 0) is 44.6 Å². The number of hydrogen-bond donors (Lipinski definition) is 0. The van der Waals surface area contributed by atoms with Gasteiger partial charge in [-0.3, -0.25) is 4.98 Å². The fourth-order valence-corrected chi connectivity index (χ4v) is 3.92. The van der Waals surface area contributed by atoms with Crippen LogP contribution in [0.5, 0.6) is 0 Å². The highest BCUT2D eigenvalue weighted by molar-refractivity contribution is 8.00. The fourth-order valence-electron chi connectivity index (χ4n) is 2.76. The van der Waals surface area contributed by atoms with Crippen molar-refractivity contribution in [3.05, 3.63) is 23.1 Å². The third kappa shape index (κ3) is 2.10. The van der Waals surface area contributed by atoms with Gasteiger partial charge >= 0.3 is 0 Å². The molecule has 0 aliphatic heterocycles. The molecular formula is C16H19N3S. The average molecular weight is 285 g/mol. The van der Waals surface area contributed by atoms with Gasteiger partial charge in [0.25, 0.3) is 0 Å². The minimum absolute atomic E-state index is 0.674. The van der Waals surface area contributed by atoms with E-state index in [1.54, 1.807) is 0 Å². The molecule has 0 radical (unpaired) electrons. The molecule has 2 fully saturated rings. The van der Waals surface area contributed by atoms with Gasteiger partial charge in [0.15, 0.2) is 5.16 Å². The van der Waals surface area contributed by atoms with Gasteiger partial charge in [-0.2, -0.15) is 0 Å². The predicted octanol–water partition coefficient (Wildman–Crippen LogP) is 4.02. The van der Waals surface area contributed by atoms with Crippen molar-refractivity contribution in [3.63, 3.8) is 0 Å². The van der Waals surface area contributed by atoms with E-state index in [2.05, 4.69) is 25.8 Å². The number of fused-ring (bicyclic) bond motifs is 1. The van der Waals surface area contributed by atoms with Crippen molar-refractivity contribution in [1.29, 1.82) is 0 Å². The standard InChI is InChI=1S/C16H19N3S/c1-8-6-13(8)20-16-17-7-12-10(3)18-14(11-4-5-11)9(2)15(12)19-16/h7-8,11,13H,4-6H2,1-3H3. The van der Waals surface area contributed by atoms with Crippen LogP contribution in [0.3, 0.4) is 0 Å². The highest BCUT2D eigenvalue weighted by Crippen LogP contribution is 2.45. The zero-order valence-corrected chi connectivity index (χ0v) is 13.0. The van der Waals surface area contributed by atoms with Crippen LogP contribution in [0.15, 0.2) is 11.4 Å². The number of hydrogen-bond acceptors (Lipinski definition) is 4. The lowest BCUT2D eigenvalue weighted by atomic mass is 10.1. The summed E-state index contributed by atoms with van der Waals surface area (Å²) in [5.41, 5.74) is 4.72. The second kappa shape index (κ2) is 4.42. The lowest BCUT2D eigenvalue weighted by Gasteiger charge is -2.10. The maximum absolute atomic E-state index is 4.83. The van der Waals surface area contributed by atoms with Gasteiger partial charge in [-0.1, -0.05) is 18.7 Å². The number of aromatic nitrogens is 3. The summed E-state index contributed by atoms with van der Waals surface area (Å²) >= 11 is 1.83. The molecule has 104 valence electrons. The maximum Gasteiger partial charge on any atom is 0.188 e. The Morgan fingerprint density at radius 3 is 2.60 bits per heavy atom. The Hall–Kier alpha value is -1.16. The summed E-state index contributed by atoms with van der Waals surface area (Å²) < 4.78 is 0. The van der Waals surface area contributed by atoms with Crippen LogP contribution >= 0.6 is 11.8 Å². The van der Waals surface area contributed by atoms with Gasteiger partial charge in [0.1, 0.15) is 0 Å². The van der Waals surface area contributed by atoms with E-state index in [1.807, 2.05) is 18.0 Å². The van der Waals surface area contributed by atoms with Gasteiger partial charge in [-0.25, -0.2) is 9.97 Å². The summed E-state index contributed by atoms with van der Waals surface area (Å²) in [5.74, 6) is 1.49. The van der Waals surface area contributed by atoms with Crippen LogP contribution in [-0.2, 0) is 0 Å². The number of pyridine rings is 1. The van der Waals surface area contributed by atoms with E-state index in [0.717, 1.165) is 32.9 Å². The van der Waals surface area contributed by atoms with Crippen molar-refractivity contribution in [2.45, 2.75) is 56.4 Å². The molecule has 0 saturated heterocycles. The van der Waals surface area contributed by atoms with Crippen molar-refractivity contribution < 1.29 is 0 Å². The summed E-state index contributed by atoms with van der Waals surface area (Å²) in [6.07, 6.45) is 5.83. The minimum Gasteiger partial charge on any atom is -0.257 e. The monoisotopic (exact) mass is 285 g/mol. The SMILES string of the molecule is Cc1nc(C2CC2)c(C)c2nc(SC3CC3C)ncc12. The van der Waals surface area contributed by atoms with Gasteiger partial charge in [0, 0.05) is 34.1 Å². The molecule has 2 aliphatic carbocycles. The second-order valence-corrected chi connectivity index (χ2v) is 7.47. The van der Waals surface area contributed by atoms with Crippen LogP contribution < -0.4 is 0 Å². The van der Waals surface area contributed by atoms with Crippen LogP contribution in [0.2, 0.25) is 0 Å². The van der Waals surface area contributed by atoms with E-state index in [4.69, 9.17) is 9.97 Å². The van der Waals surface area contributed by atoms with Crippen LogP contribution in [0.1, 0.15) is 49.1 Å². The normalized spacial score (nSPS) is 25.1. The Morgan fingerprint density at radius 2 is 1.95 bits per heavy atom. The number of aryl methyl sites for hydroxylation is 2. The zero-order valence-electron chi connectivity index (χ0n) is 12.2. The molecular weight excluding hydrogens is 266 g/mol. The molecule has 2 atom stereocenters. The van der Waals surface area contributed by atoms with Crippen LogP contribution in [0, 0.1) is 19.8 Å². The van der Waals surface area contributed by atoms with Crippen molar-refractivity contribution in [2.75, 3.05) is 0 Å². The molecule has 0 spiro atoms.